The number of esters is 1. The molecule has 0 heterocycles. The Balaban J connectivity index is 2.25. The maximum Gasteiger partial charge on any atom is 0.338 e. The van der Waals surface area contributed by atoms with E-state index in [0.29, 0.717) is 26.7 Å². The largest absolute Gasteiger partial charge is 0.460 e. The van der Waals surface area contributed by atoms with Crippen molar-refractivity contribution in [2.45, 2.75) is 13.8 Å². The van der Waals surface area contributed by atoms with E-state index >= 15 is 0 Å². The summed E-state index contributed by atoms with van der Waals surface area (Å²) in [7, 11) is 0. The molecule has 164 valence electrons. The zero-order valence-electron chi connectivity index (χ0n) is 17.4. The van der Waals surface area contributed by atoms with Gasteiger partial charge >= 0.3 is 5.97 Å². The topological polar surface area (TPSA) is 80.7 Å². The second-order valence-electron chi connectivity index (χ2n) is 7.16. The van der Waals surface area contributed by atoms with Crippen LogP contribution in [-0.4, -0.2) is 35.9 Å². The van der Waals surface area contributed by atoms with E-state index < -0.39 is 17.5 Å². The summed E-state index contributed by atoms with van der Waals surface area (Å²) >= 11 is 12.2. The summed E-state index contributed by atoms with van der Waals surface area (Å²) in [6.07, 6.45) is 0. The standard InChI is InChI=1S/C25H20Cl2O5/c1-14-6-8-16(26)12-20(14)23(29)18-4-3-5-19(25(31)32-11-10-28)22(18)24(30)21-13-17(27)9-7-15(21)2/h3-9,12-13,28H,10-11H2,1-2H3. The summed E-state index contributed by atoms with van der Waals surface area (Å²) in [4.78, 5) is 39.8. The SMILES string of the molecule is Cc1ccc(Cl)cc1C(=O)c1cccc(C(=O)OCCO)c1C(=O)c1cc(Cl)ccc1C. The molecule has 1 N–H and O–H groups in total. The highest BCUT2D eigenvalue weighted by atomic mass is 35.5. The van der Waals surface area contributed by atoms with E-state index in [1.165, 1.54) is 30.3 Å². The lowest BCUT2D eigenvalue weighted by Crippen LogP contribution is -2.19. The number of rotatable bonds is 7. The third kappa shape index (κ3) is 4.91. The number of ketones is 2. The molecule has 0 radical (unpaired) electrons. The van der Waals surface area contributed by atoms with E-state index in [1.54, 1.807) is 38.1 Å². The van der Waals surface area contributed by atoms with Crippen molar-refractivity contribution in [2.75, 3.05) is 13.2 Å². The van der Waals surface area contributed by atoms with Crippen LogP contribution in [0.1, 0.15) is 53.3 Å². The van der Waals surface area contributed by atoms with Crippen LogP contribution < -0.4 is 0 Å². The Morgan fingerprint density at radius 2 is 1.31 bits per heavy atom. The van der Waals surface area contributed by atoms with Gasteiger partial charge in [0.1, 0.15) is 6.61 Å². The van der Waals surface area contributed by atoms with Crippen molar-refractivity contribution in [1.29, 1.82) is 0 Å². The van der Waals surface area contributed by atoms with Crippen molar-refractivity contribution in [3.63, 3.8) is 0 Å². The Labute approximate surface area is 195 Å². The number of aliphatic hydroxyl groups excluding tert-OH is 1. The molecular formula is C25H20Cl2O5. The molecule has 0 fully saturated rings. The van der Waals surface area contributed by atoms with Crippen LogP contribution in [-0.2, 0) is 4.74 Å². The van der Waals surface area contributed by atoms with Crippen LogP contribution in [0.25, 0.3) is 0 Å². The minimum Gasteiger partial charge on any atom is -0.460 e. The van der Waals surface area contributed by atoms with Crippen molar-refractivity contribution < 1.29 is 24.2 Å². The van der Waals surface area contributed by atoms with Gasteiger partial charge in [-0.25, -0.2) is 4.79 Å². The maximum atomic E-state index is 13.6. The van der Waals surface area contributed by atoms with Gasteiger partial charge in [-0.3, -0.25) is 9.59 Å². The number of hydrogen-bond acceptors (Lipinski definition) is 5. The molecule has 0 unspecified atom stereocenters. The lowest BCUT2D eigenvalue weighted by atomic mass is 9.87. The average molecular weight is 471 g/mol. The second kappa shape index (κ2) is 10.1. The van der Waals surface area contributed by atoms with E-state index in [0.717, 1.165) is 0 Å². The summed E-state index contributed by atoms with van der Waals surface area (Å²) in [5.41, 5.74) is 1.75. The van der Waals surface area contributed by atoms with Gasteiger partial charge in [-0.2, -0.15) is 0 Å². The van der Waals surface area contributed by atoms with Gasteiger partial charge in [0.25, 0.3) is 0 Å². The number of carbonyl (C=O) groups excluding carboxylic acids is 3. The van der Waals surface area contributed by atoms with E-state index in [4.69, 9.17) is 33.0 Å². The summed E-state index contributed by atoms with van der Waals surface area (Å²) in [5, 5.41) is 9.72. The smallest absolute Gasteiger partial charge is 0.338 e. The number of aliphatic hydroxyl groups is 1. The number of aryl methyl sites for hydroxylation is 2. The number of hydrogen-bond donors (Lipinski definition) is 1. The molecule has 0 aromatic heterocycles. The molecule has 0 aliphatic carbocycles. The number of carbonyl (C=O) groups is 3. The van der Waals surface area contributed by atoms with Gasteiger partial charge in [-0.1, -0.05) is 47.5 Å². The monoisotopic (exact) mass is 470 g/mol. The molecule has 3 aromatic carbocycles. The molecule has 0 aliphatic rings. The summed E-state index contributed by atoms with van der Waals surface area (Å²) in [6, 6.07) is 14.1. The Hall–Kier alpha value is -2.99. The predicted octanol–water partition coefficient (Wildman–Crippen LogP) is 5.22. The van der Waals surface area contributed by atoms with Gasteiger partial charge in [0.05, 0.1) is 12.2 Å². The molecule has 0 spiro atoms. The number of ether oxygens (including phenoxy) is 1. The van der Waals surface area contributed by atoms with Gasteiger partial charge in [0.15, 0.2) is 11.6 Å². The van der Waals surface area contributed by atoms with Crippen molar-refractivity contribution in [1.82, 2.24) is 0 Å². The molecule has 0 amide bonds. The van der Waals surface area contributed by atoms with Crippen LogP contribution in [0.5, 0.6) is 0 Å². The summed E-state index contributed by atoms with van der Waals surface area (Å²) in [6.45, 7) is 2.88. The molecule has 0 saturated carbocycles. The quantitative estimate of drug-likeness (QED) is 0.378. The van der Waals surface area contributed by atoms with Crippen molar-refractivity contribution in [2.24, 2.45) is 0 Å². The van der Waals surface area contributed by atoms with Crippen molar-refractivity contribution in [3.05, 3.63) is 104 Å². The van der Waals surface area contributed by atoms with E-state index in [2.05, 4.69) is 0 Å². The lowest BCUT2D eigenvalue weighted by molar-refractivity contribution is 0.0431. The van der Waals surface area contributed by atoms with E-state index in [9.17, 15) is 14.4 Å². The van der Waals surface area contributed by atoms with Gasteiger partial charge in [-0.15, -0.1) is 0 Å². The minimum atomic E-state index is -0.820. The normalized spacial score (nSPS) is 10.7. The lowest BCUT2D eigenvalue weighted by Gasteiger charge is -2.15. The molecule has 3 rings (SSSR count). The van der Waals surface area contributed by atoms with Crippen LogP contribution in [0.2, 0.25) is 10.0 Å². The van der Waals surface area contributed by atoms with Crippen LogP contribution in [0.3, 0.4) is 0 Å². The van der Waals surface area contributed by atoms with Crippen LogP contribution in [0.4, 0.5) is 0 Å². The van der Waals surface area contributed by atoms with E-state index in [-0.39, 0.29) is 35.5 Å². The fraction of sp³-hybridized carbons (Fsp3) is 0.160. The maximum absolute atomic E-state index is 13.6. The molecule has 3 aromatic rings. The first kappa shape index (κ1) is 23.7. The number of benzene rings is 3. The van der Waals surface area contributed by atoms with Gasteiger partial charge < -0.3 is 9.84 Å². The van der Waals surface area contributed by atoms with Gasteiger partial charge in [0.2, 0.25) is 0 Å². The second-order valence-corrected chi connectivity index (χ2v) is 8.04. The van der Waals surface area contributed by atoms with Gasteiger partial charge in [-0.05, 0) is 55.3 Å². The highest BCUT2D eigenvalue weighted by Gasteiger charge is 2.28. The Morgan fingerprint density at radius 3 is 1.88 bits per heavy atom. The zero-order chi connectivity index (χ0) is 23.4. The Kier molecular flexibility index (Phi) is 7.46. The van der Waals surface area contributed by atoms with Crippen LogP contribution in [0, 0.1) is 13.8 Å². The van der Waals surface area contributed by atoms with Gasteiger partial charge in [0, 0.05) is 32.3 Å². The summed E-state index contributed by atoms with van der Waals surface area (Å²) < 4.78 is 5.04. The predicted molar refractivity (Wildman–Crippen MR) is 123 cm³/mol. The molecule has 7 heteroatoms. The third-order valence-corrected chi connectivity index (χ3v) is 5.44. The Morgan fingerprint density at radius 1 is 0.781 bits per heavy atom. The fourth-order valence-electron chi connectivity index (χ4n) is 3.33. The molecular weight excluding hydrogens is 451 g/mol. The van der Waals surface area contributed by atoms with Crippen molar-refractivity contribution >= 4 is 40.7 Å². The highest BCUT2D eigenvalue weighted by molar-refractivity contribution is 6.32. The van der Waals surface area contributed by atoms with Crippen LogP contribution in [0.15, 0.2) is 54.6 Å². The van der Waals surface area contributed by atoms with E-state index in [1.807, 2.05) is 0 Å². The molecule has 32 heavy (non-hydrogen) atoms. The summed E-state index contributed by atoms with van der Waals surface area (Å²) in [5.74, 6) is -1.81. The molecule has 5 nitrogen and oxygen atoms in total. The number of halogens is 2. The molecule has 0 aliphatic heterocycles. The molecule has 0 bridgehead atoms. The molecule has 0 atom stereocenters. The first-order valence-electron chi connectivity index (χ1n) is 9.77. The third-order valence-electron chi connectivity index (χ3n) is 4.97. The Bertz CT molecular complexity index is 1220. The first-order chi connectivity index (χ1) is 15.2. The van der Waals surface area contributed by atoms with Crippen LogP contribution >= 0.6 is 23.2 Å². The highest BCUT2D eigenvalue weighted by Crippen LogP contribution is 2.27. The minimum absolute atomic E-state index is 0.0400. The molecule has 0 saturated heterocycles. The average Bonchev–Trinajstić information content (AvgIpc) is 2.79. The zero-order valence-corrected chi connectivity index (χ0v) is 19.0. The first-order valence-corrected chi connectivity index (χ1v) is 10.5. The fourth-order valence-corrected chi connectivity index (χ4v) is 3.67. The van der Waals surface area contributed by atoms with Crippen molar-refractivity contribution in [3.8, 4) is 0 Å².